The van der Waals surface area contributed by atoms with Gasteiger partial charge >= 0.3 is 0 Å². The number of nitrogens with one attached hydrogen (secondary N) is 2. The van der Waals surface area contributed by atoms with Crippen molar-refractivity contribution < 1.29 is 14.4 Å². The summed E-state index contributed by atoms with van der Waals surface area (Å²) in [5.41, 5.74) is 11.2. The van der Waals surface area contributed by atoms with E-state index in [0.717, 1.165) is 35.0 Å². The van der Waals surface area contributed by atoms with Crippen LogP contribution in [0.5, 0.6) is 0 Å². The number of fused-ring (bicyclic) bond motifs is 1. The number of nitrogens with two attached hydrogens (primary N) is 1. The second kappa shape index (κ2) is 14.1. The van der Waals surface area contributed by atoms with E-state index in [2.05, 4.69) is 20.9 Å². The van der Waals surface area contributed by atoms with Gasteiger partial charge in [-0.05, 0) is 60.9 Å². The minimum Gasteiger partial charge on any atom is -0.351 e. The standard InChI is InChI=1S/C33H39N7O3/c1-39-29-18-16-25(19-28(29)37-38-39)21-35-32(42)30-20-26(36-31(41)14-8-13-23-9-4-2-5-10-23)22-40(30)33(43)27(34)17-15-24-11-6-3-7-12-24/h2-7,9-12,16,18-19,26-27,30H,8,13-15,17,20-22,34H2,1H3,(H,35,42)(H,36,41)/t26-,27+,30-/m0/s1. The molecule has 0 saturated carbocycles. The molecule has 10 heteroatoms. The molecule has 1 aromatic heterocycles. The molecule has 0 spiro atoms. The van der Waals surface area contributed by atoms with Gasteiger partial charge in [-0.25, -0.2) is 4.68 Å². The molecule has 1 saturated heterocycles. The van der Waals surface area contributed by atoms with E-state index in [1.54, 1.807) is 9.58 Å². The second-order valence-corrected chi connectivity index (χ2v) is 11.2. The summed E-state index contributed by atoms with van der Waals surface area (Å²) in [6.45, 7) is 0.520. The van der Waals surface area contributed by atoms with Crippen molar-refractivity contribution in [2.75, 3.05) is 6.54 Å². The molecule has 5 rings (SSSR count). The topological polar surface area (TPSA) is 135 Å². The first-order valence-electron chi connectivity index (χ1n) is 14.9. The van der Waals surface area contributed by atoms with Gasteiger partial charge < -0.3 is 21.3 Å². The fourth-order valence-electron chi connectivity index (χ4n) is 5.64. The highest BCUT2D eigenvalue weighted by molar-refractivity contribution is 5.91. The molecule has 0 unspecified atom stereocenters. The van der Waals surface area contributed by atoms with Crippen LogP contribution in [0.2, 0.25) is 0 Å². The van der Waals surface area contributed by atoms with Gasteiger partial charge in [-0.1, -0.05) is 71.9 Å². The third-order valence-electron chi connectivity index (χ3n) is 8.01. The van der Waals surface area contributed by atoms with Crippen molar-refractivity contribution in [1.29, 1.82) is 0 Å². The number of hydrogen-bond acceptors (Lipinski definition) is 6. The Bertz CT molecular complexity index is 1540. The highest BCUT2D eigenvalue weighted by Gasteiger charge is 2.41. The van der Waals surface area contributed by atoms with Crippen molar-refractivity contribution >= 4 is 28.8 Å². The minimum atomic E-state index is -0.755. The molecule has 4 aromatic rings. The molecule has 0 aliphatic carbocycles. The van der Waals surface area contributed by atoms with E-state index in [1.807, 2.05) is 85.9 Å². The summed E-state index contributed by atoms with van der Waals surface area (Å²) in [7, 11) is 1.82. The largest absolute Gasteiger partial charge is 0.351 e. The molecule has 1 fully saturated rings. The summed E-state index contributed by atoms with van der Waals surface area (Å²) in [5.74, 6) is -0.637. The van der Waals surface area contributed by atoms with Crippen molar-refractivity contribution in [3.05, 3.63) is 95.6 Å². The maximum absolute atomic E-state index is 13.6. The van der Waals surface area contributed by atoms with Crippen LogP contribution >= 0.6 is 0 Å². The minimum absolute atomic E-state index is 0.0833. The Balaban J connectivity index is 1.21. The summed E-state index contributed by atoms with van der Waals surface area (Å²) in [6, 6.07) is 23.8. The highest BCUT2D eigenvalue weighted by atomic mass is 16.2. The molecule has 43 heavy (non-hydrogen) atoms. The molecule has 3 atom stereocenters. The molecular weight excluding hydrogens is 542 g/mol. The predicted molar refractivity (Wildman–Crippen MR) is 165 cm³/mol. The van der Waals surface area contributed by atoms with Crippen LogP contribution in [0.15, 0.2) is 78.9 Å². The summed E-state index contributed by atoms with van der Waals surface area (Å²) >= 11 is 0. The lowest BCUT2D eigenvalue weighted by atomic mass is 10.0. The van der Waals surface area contributed by atoms with Crippen LogP contribution in [0.1, 0.15) is 42.4 Å². The van der Waals surface area contributed by atoms with Crippen LogP contribution in [0.3, 0.4) is 0 Å². The molecule has 0 bridgehead atoms. The summed E-state index contributed by atoms with van der Waals surface area (Å²) in [4.78, 5) is 41.4. The lowest BCUT2D eigenvalue weighted by Crippen LogP contribution is -2.51. The number of carbonyl (C=O) groups is 3. The number of rotatable bonds is 12. The number of carbonyl (C=O) groups excluding carboxylic acids is 3. The first-order chi connectivity index (χ1) is 20.9. The van der Waals surface area contributed by atoms with E-state index in [-0.39, 0.29) is 36.9 Å². The van der Waals surface area contributed by atoms with Crippen LogP contribution in [-0.2, 0) is 40.8 Å². The SMILES string of the molecule is Cn1nnc2cc(CNC(=O)[C@@H]3C[C@H](NC(=O)CCCc4ccccc4)CN3C(=O)[C@H](N)CCc3ccccc3)ccc21. The van der Waals surface area contributed by atoms with Gasteiger partial charge in [0.1, 0.15) is 11.6 Å². The first-order valence-corrected chi connectivity index (χ1v) is 14.9. The van der Waals surface area contributed by atoms with Crippen molar-refractivity contribution in [3.63, 3.8) is 0 Å². The maximum atomic E-state index is 13.6. The Morgan fingerprint density at radius 2 is 1.65 bits per heavy atom. The van der Waals surface area contributed by atoms with Crippen LogP contribution in [0.25, 0.3) is 11.0 Å². The number of aryl methyl sites for hydroxylation is 3. The van der Waals surface area contributed by atoms with E-state index in [4.69, 9.17) is 5.73 Å². The molecule has 2 heterocycles. The molecule has 224 valence electrons. The highest BCUT2D eigenvalue weighted by Crippen LogP contribution is 2.21. The van der Waals surface area contributed by atoms with Gasteiger partial charge in [0.15, 0.2) is 0 Å². The van der Waals surface area contributed by atoms with Gasteiger partial charge in [0.05, 0.1) is 11.6 Å². The van der Waals surface area contributed by atoms with Crippen LogP contribution in [-0.4, -0.2) is 62.3 Å². The van der Waals surface area contributed by atoms with Crippen molar-refractivity contribution in [2.45, 2.75) is 63.2 Å². The van der Waals surface area contributed by atoms with E-state index in [0.29, 0.717) is 25.7 Å². The Morgan fingerprint density at radius 3 is 2.37 bits per heavy atom. The zero-order chi connectivity index (χ0) is 30.2. The number of likely N-dealkylation sites (tertiary alicyclic amines) is 1. The molecule has 3 amide bonds. The summed E-state index contributed by atoms with van der Waals surface area (Å²) in [5, 5.41) is 14.2. The fourth-order valence-corrected chi connectivity index (χ4v) is 5.64. The van der Waals surface area contributed by atoms with Crippen molar-refractivity contribution in [1.82, 2.24) is 30.5 Å². The number of aromatic nitrogens is 3. The van der Waals surface area contributed by atoms with Crippen LogP contribution in [0.4, 0.5) is 0 Å². The molecule has 1 aliphatic rings. The molecular formula is C33H39N7O3. The van der Waals surface area contributed by atoms with E-state index in [1.165, 1.54) is 5.56 Å². The Kier molecular flexibility index (Phi) is 9.78. The fraction of sp³-hybridized carbons (Fsp3) is 0.364. The molecule has 3 aromatic carbocycles. The molecule has 0 radical (unpaired) electrons. The zero-order valence-electron chi connectivity index (χ0n) is 24.5. The number of hydrogen-bond donors (Lipinski definition) is 3. The normalized spacial score (nSPS) is 17.1. The van der Waals surface area contributed by atoms with Gasteiger partial charge in [-0.15, -0.1) is 5.10 Å². The molecule has 1 aliphatic heterocycles. The smallest absolute Gasteiger partial charge is 0.243 e. The number of nitrogens with zero attached hydrogens (tertiary/aromatic N) is 4. The number of amides is 3. The second-order valence-electron chi connectivity index (χ2n) is 11.2. The van der Waals surface area contributed by atoms with Crippen LogP contribution in [0, 0.1) is 0 Å². The number of benzene rings is 3. The van der Waals surface area contributed by atoms with Crippen LogP contribution < -0.4 is 16.4 Å². The average molecular weight is 582 g/mol. The van der Waals surface area contributed by atoms with Crippen molar-refractivity contribution in [3.8, 4) is 0 Å². The van der Waals surface area contributed by atoms with Gasteiger partial charge in [-0.3, -0.25) is 14.4 Å². The Morgan fingerprint density at radius 1 is 0.953 bits per heavy atom. The van der Waals surface area contributed by atoms with E-state index in [9.17, 15) is 14.4 Å². The lowest BCUT2D eigenvalue weighted by Gasteiger charge is -2.26. The zero-order valence-corrected chi connectivity index (χ0v) is 24.5. The Hall–Kier alpha value is -4.57. The lowest BCUT2D eigenvalue weighted by molar-refractivity contribution is -0.139. The van der Waals surface area contributed by atoms with E-state index < -0.39 is 12.1 Å². The predicted octanol–water partition coefficient (Wildman–Crippen LogP) is 2.65. The van der Waals surface area contributed by atoms with Gasteiger partial charge in [0.2, 0.25) is 17.7 Å². The van der Waals surface area contributed by atoms with Crippen molar-refractivity contribution in [2.24, 2.45) is 12.8 Å². The molecule has 4 N–H and O–H groups in total. The quantitative estimate of drug-likeness (QED) is 0.235. The van der Waals surface area contributed by atoms with E-state index >= 15 is 0 Å². The molecule has 10 nitrogen and oxygen atoms in total. The van der Waals surface area contributed by atoms with Gasteiger partial charge in [0, 0.05) is 32.6 Å². The van der Waals surface area contributed by atoms with Gasteiger partial charge in [-0.2, -0.15) is 0 Å². The summed E-state index contributed by atoms with van der Waals surface area (Å²) < 4.78 is 1.69. The maximum Gasteiger partial charge on any atom is 0.243 e. The first kappa shape index (κ1) is 29.9. The summed E-state index contributed by atoms with van der Waals surface area (Å²) in [6.07, 6.45) is 3.35. The monoisotopic (exact) mass is 581 g/mol. The third kappa shape index (κ3) is 7.84. The van der Waals surface area contributed by atoms with Gasteiger partial charge in [0.25, 0.3) is 0 Å². The average Bonchev–Trinajstić information content (AvgIpc) is 3.62. The third-order valence-corrected chi connectivity index (χ3v) is 8.01. The Labute approximate surface area is 251 Å².